The van der Waals surface area contributed by atoms with Crippen molar-refractivity contribution in [1.29, 1.82) is 0 Å². The number of carbonyl (C=O) groups excluding carboxylic acids is 1. The molecule has 0 aliphatic carbocycles. The predicted molar refractivity (Wildman–Crippen MR) is 189 cm³/mol. The van der Waals surface area contributed by atoms with E-state index in [-0.39, 0.29) is 16.6 Å². The molecule has 0 aliphatic rings. The number of carbonyl (C=O) groups is 1. The number of ether oxygens (including phenoxy) is 1. The quantitative estimate of drug-likeness (QED) is 0.108. The third-order valence-corrected chi connectivity index (χ3v) is 10.5. The fraction of sp³-hybridized carbons (Fsp3) is 0.154. The molecule has 5 aromatic carbocycles. The van der Waals surface area contributed by atoms with Gasteiger partial charge in [0.05, 0.1) is 28.8 Å². The zero-order valence-corrected chi connectivity index (χ0v) is 27.5. The minimum atomic E-state index is -3.64. The number of nitrogens with one attached hydrogen (secondary N) is 1. The first-order valence-corrected chi connectivity index (χ1v) is 17.5. The zero-order chi connectivity index (χ0) is 33.0. The molecule has 6 rings (SSSR count). The number of benzene rings is 5. The lowest BCUT2D eigenvalue weighted by Gasteiger charge is -2.20. The van der Waals surface area contributed by atoms with Gasteiger partial charge in [0.25, 0.3) is 0 Å². The molecule has 0 unspecified atom stereocenters. The van der Waals surface area contributed by atoms with E-state index in [4.69, 9.17) is 22.1 Å². The molecule has 6 aromatic rings. The number of hydrogen-bond acceptors (Lipinski definition) is 5. The van der Waals surface area contributed by atoms with Crippen LogP contribution in [0.1, 0.15) is 44.2 Å². The summed E-state index contributed by atoms with van der Waals surface area (Å²) in [5.41, 5.74) is 14.1. The van der Waals surface area contributed by atoms with Crippen molar-refractivity contribution in [2.75, 3.05) is 19.4 Å². The summed E-state index contributed by atoms with van der Waals surface area (Å²) in [7, 11) is -2.30. The number of aryl methyl sites for hydroxylation is 1. The molecule has 47 heavy (non-hydrogen) atoms. The van der Waals surface area contributed by atoms with Crippen LogP contribution in [0.5, 0.6) is 0 Å². The van der Waals surface area contributed by atoms with Crippen LogP contribution in [-0.4, -0.2) is 38.8 Å². The van der Waals surface area contributed by atoms with Crippen LogP contribution in [0.2, 0.25) is 5.02 Å². The van der Waals surface area contributed by atoms with Gasteiger partial charge in [-0.15, -0.1) is 0 Å². The fourth-order valence-electron chi connectivity index (χ4n) is 6.26. The van der Waals surface area contributed by atoms with Gasteiger partial charge >= 0.3 is 5.97 Å². The minimum absolute atomic E-state index is 0.0860. The Kier molecular flexibility index (Phi) is 9.59. The molecule has 0 atom stereocenters. The number of aromatic amines is 1. The van der Waals surface area contributed by atoms with E-state index >= 15 is 0 Å². The summed E-state index contributed by atoms with van der Waals surface area (Å²) in [5, 5.41) is 1.49. The number of halogens is 1. The summed E-state index contributed by atoms with van der Waals surface area (Å²) in [6.45, 7) is 0.412. The van der Waals surface area contributed by atoms with E-state index in [1.807, 2.05) is 54.6 Å². The molecule has 0 radical (unpaired) electrons. The van der Waals surface area contributed by atoms with Gasteiger partial charge in [0.15, 0.2) is 9.84 Å². The van der Waals surface area contributed by atoms with E-state index in [0.717, 1.165) is 50.0 Å². The number of sulfone groups is 1. The van der Waals surface area contributed by atoms with Crippen LogP contribution in [0.3, 0.4) is 0 Å². The number of methoxy groups -OCH3 is 1. The lowest BCUT2D eigenvalue weighted by atomic mass is 9.84. The third kappa shape index (κ3) is 6.88. The van der Waals surface area contributed by atoms with Crippen LogP contribution < -0.4 is 5.73 Å². The normalized spacial score (nSPS) is 11.7. The number of aromatic nitrogens is 1. The second-order valence-electron chi connectivity index (χ2n) is 11.5. The molecule has 0 saturated heterocycles. The van der Waals surface area contributed by atoms with Crippen LogP contribution in [-0.2, 0) is 27.4 Å². The first kappa shape index (κ1) is 32.3. The van der Waals surface area contributed by atoms with Crippen molar-refractivity contribution in [2.45, 2.75) is 23.7 Å². The summed E-state index contributed by atoms with van der Waals surface area (Å²) in [4.78, 5) is 15.8. The van der Waals surface area contributed by atoms with E-state index in [0.29, 0.717) is 30.0 Å². The van der Waals surface area contributed by atoms with E-state index in [2.05, 4.69) is 29.2 Å². The second-order valence-corrected chi connectivity index (χ2v) is 14.0. The third-order valence-electron chi connectivity index (χ3n) is 8.52. The number of nitrogens with two attached hydrogens (primary N) is 1. The highest BCUT2D eigenvalue weighted by Gasteiger charge is 2.24. The van der Waals surface area contributed by atoms with Crippen molar-refractivity contribution in [2.24, 2.45) is 5.73 Å². The molecule has 1 aromatic heterocycles. The maximum absolute atomic E-state index is 13.7. The Bertz CT molecular complexity index is 2090. The number of fused-ring (bicyclic) bond motifs is 1. The highest BCUT2D eigenvalue weighted by molar-refractivity contribution is 7.91. The van der Waals surface area contributed by atoms with Crippen LogP contribution in [0.15, 0.2) is 126 Å². The molecule has 0 amide bonds. The molecule has 0 saturated carbocycles. The Hall–Kier alpha value is -4.69. The van der Waals surface area contributed by atoms with E-state index in [1.54, 1.807) is 42.5 Å². The average molecular weight is 663 g/mol. The van der Waals surface area contributed by atoms with Gasteiger partial charge in [-0.2, -0.15) is 0 Å². The largest absolute Gasteiger partial charge is 0.465 e. The first-order valence-electron chi connectivity index (χ1n) is 15.4. The Balaban J connectivity index is 1.34. The van der Waals surface area contributed by atoms with E-state index in [9.17, 15) is 13.2 Å². The Morgan fingerprint density at radius 2 is 1.47 bits per heavy atom. The summed E-state index contributed by atoms with van der Waals surface area (Å²) in [6.07, 6.45) is 0.865. The Labute approximate surface area is 280 Å². The molecule has 1 heterocycles. The Morgan fingerprint density at radius 1 is 0.809 bits per heavy atom. The van der Waals surface area contributed by atoms with Crippen molar-refractivity contribution >= 4 is 38.3 Å². The van der Waals surface area contributed by atoms with Gasteiger partial charge in [-0.3, -0.25) is 0 Å². The molecule has 0 fully saturated rings. The molecular weight excluding hydrogens is 628 g/mol. The minimum Gasteiger partial charge on any atom is -0.465 e. The van der Waals surface area contributed by atoms with Crippen LogP contribution in [0.25, 0.3) is 22.0 Å². The molecule has 238 valence electrons. The summed E-state index contributed by atoms with van der Waals surface area (Å²) in [5.74, 6) is -0.607. The van der Waals surface area contributed by atoms with Crippen molar-refractivity contribution < 1.29 is 17.9 Å². The fourth-order valence-corrected chi connectivity index (χ4v) is 7.75. The smallest absolute Gasteiger partial charge is 0.337 e. The lowest BCUT2D eigenvalue weighted by molar-refractivity contribution is 0.0600. The molecule has 3 N–H and O–H groups in total. The summed E-state index contributed by atoms with van der Waals surface area (Å²) >= 11 is 6.81. The number of rotatable bonds is 11. The van der Waals surface area contributed by atoms with Gasteiger partial charge in [0.1, 0.15) is 0 Å². The van der Waals surface area contributed by atoms with Gasteiger partial charge in [0.2, 0.25) is 0 Å². The van der Waals surface area contributed by atoms with Crippen molar-refractivity contribution in [3.63, 3.8) is 0 Å². The highest BCUT2D eigenvalue weighted by Crippen LogP contribution is 2.39. The topological polar surface area (TPSA) is 102 Å². The van der Waals surface area contributed by atoms with Crippen LogP contribution in [0.4, 0.5) is 0 Å². The van der Waals surface area contributed by atoms with Crippen molar-refractivity contribution in [3.8, 4) is 11.1 Å². The molecule has 8 heteroatoms. The van der Waals surface area contributed by atoms with Gasteiger partial charge in [-0.1, -0.05) is 96.5 Å². The van der Waals surface area contributed by atoms with Crippen molar-refractivity contribution in [3.05, 3.63) is 160 Å². The van der Waals surface area contributed by atoms with Crippen LogP contribution >= 0.6 is 11.6 Å². The Morgan fingerprint density at radius 3 is 2.09 bits per heavy atom. The van der Waals surface area contributed by atoms with Gasteiger partial charge in [-0.05, 0) is 82.7 Å². The zero-order valence-electron chi connectivity index (χ0n) is 25.9. The SMILES string of the molecule is COC(=O)c1cccc(-c2ccc(S(=O)(=O)CCc3c(CCN)[nH]c4c(C(c5ccccc5)c5ccccc5)cc(Cl)cc34)cc2)c1. The van der Waals surface area contributed by atoms with Gasteiger partial charge in [-0.25, -0.2) is 13.2 Å². The van der Waals surface area contributed by atoms with Gasteiger partial charge in [0, 0.05) is 28.4 Å². The number of H-pyrrole nitrogens is 1. The predicted octanol–water partition coefficient (Wildman–Crippen LogP) is 7.97. The van der Waals surface area contributed by atoms with Crippen molar-refractivity contribution in [1.82, 2.24) is 4.98 Å². The molecule has 0 spiro atoms. The summed E-state index contributed by atoms with van der Waals surface area (Å²) < 4.78 is 32.1. The lowest BCUT2D eigenvalue weighted by Crippen LogP contribution is -2.11. The van der Waals surface area contributed by atoms with Gasteiger partial charge < -0.3 is 15.5 Å². The van der Waals surface area contributed by atoms with E-state index < -0.39 is 15.8 Å². The summed E-state index contributed by atoms with van der Waals surface area (Å²) in [6, 6.07) is 38.3. The number of hydrogen-bond donors (Lipinski definition) is 2. The second kappa shape index (κ2) is 14.0. The highest BCUT2D eigenvalue weighted by atomic mass is 35.5. The average Bonchev–Trinajstić information content (AvgIpc) is 3.45. The maximum atomic E-state index is 13.7. The molecular formula is C39H35ClN2O4S. The molecule has 0 bridgehead atoms. The standard InChI is InChI=1S/C39H35ClN2O4S/c1-46-39(43)30-14-8-13-29(23-30)26-15-17-32(18-16-26)47(44,45)22-20-33-34-24-31(40)25-35(38(34)42-36(33)19-21-41)37(27-9-4-2-5-10-27)28-11-6-3-7-12-28/h2-18,23-25,37,42H,19-22,41H2,1H3. The molecule has 0 aliphatic heterocycles. The maximum Gasteiger partial charge on any atom is 0.337 e. The monoisotopic (exact) mass is 662 g/mol. The van der Waals surface area contributed by atoms with Crippen LogP contribution in [0, 0.1) is 0 Å². The number of esters is 1. The first-order chi connectivity index (χ1) is 22.8. The van der Waals surface area contributed by atoms with E-state index in [1.165, 1.54) is 7.11 Å². The molecule has 6 nitrogen and oxygen atoms in total.